The number of hydrogen-bond acceptors (Lipinski definition) is 0. The van der Waals surface area contributed by atoms with Gasteiger partial charge in [0.2, 0.25) is 0 Å². The summed E-state index contributed by atoms with van der Waals surface area (Å²) in [5, 5.41) is 0. The third kappa shape index (κ3) is 4.25. The standard InChI is InChI=1S/C5H8FI/c1-2-5(6)3-4-7/h2H,3-4H2,1H3/b5-2+. The van der Waals surface area contributed by atoms with E-state index in [2.05, 4.69) is 22.6 Å². The average Bonchev–Trinajstić information content (AvgIpc) is 1.68. The molecule has 0 heterocycles. The van der Waals surface area contributed by atoms with Crippen LogP contribution in [0.3, 0.4) is 0 Å². The van der Waals surface area contributed by atoms with Gasteiger partial charge in [-0.25, -0.2) is 4.39 Å². The first-order chi connectivity index (χ1) is 3.31. The minimum atomic E-state index is -0.00519. The highest BCUT2D eigenvalue weighted by Gasteiger charge is 1.86. The molecule has 0 spiro atoms. The average molecular weight is 214 g/mol. The molecule has 0 bridgehead atoms. The second-order valence-corrected chi connectivity index (χ2v) is 2.25. The number of hydrogen-bond donors (Lipinski definition) is 0. The quantitative estimate of drug-likeness (QED) is 0.489. The van der Waals surface area contributed by atoms with Crippen molar-refractivity contribution in [2.24, 2.45) is 0 Å². The summed E-state index contributed by atoms with van der Waals surface area (Å²) in [7, 11) is 0. The molecule has 0 atom stereocenters. The smallest absolute Gasteiger partial charge is 0.0964 e. The van der Waals surface area contributed by atoms with Gasteiger partial charge in [0.05, 0.1) is 5.83 Å². The van der Waals surface area contributed by atoms with Crippen molar-refractivity contribution >= 4 is 22.6 Å². The molecule has 7 heavy (non-hydrogen) atoms. The number of halogens is 2. The number of allylic oxidation sites excluding steroid dienone is 2. The molecule has 0 aromatic heterocycles. The van der Waals surface area contributed by atoms with Gasteiger partial charge in [-0.3, -0.25) is 0 Å². The zero-order valence-corrected chi connectivity index (χ0v) is 6.40. The maximum atomic E-state index is 12.0. The minimum absolute atomic E-state index is 0.00519. The minimum Gasteiger partial charge on any atom is -0.212 e. The van der Waals surface area contributed by atoms with Crippen LogP contribution in [-0.2, 0) is 0 Å². The summed E-state index contributed by atoms with van der Waals surface area (Å²) in [5.74, 6) is -0.00519. The van der Waals surface area contributed by atoms with E-state index >= 15 is 0 Å². The highest BCUT2D eigenvalue weighted by atomic mass is 127. The van der Waals surface area contributed by atoms with Crippen molar-refractivity contribution in [2.45, 2.75) is 13.3 Å². The van der Waals surface area contributed by atoms with Crippen LogP contribution in [0.2, 0.25) is 0 Å². The molecule has 0 fully saturated rings. The molecule has 0 saturated carbocycles. The SMILES string of the molecule is C/C=C(/F)CCI. The molecule has 0 aliphatic carbocycles. The summed E-state index contributed by atoms with van der Waals surface area (Å²) < 4.78 is 12.9. The maximum absolute atomic E-state index is 12.0. The van der Waals surface area contributed by atoms with Gasteiger partial charge in [-0.2, -0.15) is 0 Å². The lowest BCUT2D eigenvalue weighted by molar-refractivity contribution is 0.606. The first kappa shape index (κ1) is 7.40. The fraction of sp³-hybridized carbons (Fsp3) is 0.600. The summed E-state index contributed by atoms with van der Waals surface area (Å²) in [5.41, 5.74) is 0. The third-order valence-electron chi connectivity index (χ3n) is 0.647. The van der Waals surface area contributed by atoms with Crippen molar-refractivity contribution in [1.82, 2.24) is 0 Å². The van der Waals surface area contributed by atoms with Crippen LogP contribution in [-0.4, -0.2) is 4.43 Å². The summed E-state index contributed by atoms with van der Waals surface area (Å²) in [6, 6.07) is 0. The van der Waals surface area contributed by atoms with E-state index in [0.717, 1.165) is 4.43 Å². The van der Waals surface area contributed by atoms with E-state index in [1.54, 1.807) is 6.92 Å². The molecule has 0 aromatic carbocycles. The van der Waals surface area contributed by atoms with Gasteiger partial charge in [-0.1, -0.05) is 28.7 Å². The van der Waals surface area contributed by atoms with E-state index in [1.165, 1.54) is 6.08 Å². The predicted octanol–water partition coefficient (Wildman–Crippen LogP) is 2.68. The van der Waals surface area contributed by atoms with Gasteiger partial charge in [0, 0.05) is 10.8 Å². The van der Waals surface area contributed by atoms with Crippen LogP contribution in [0.1, 0.15) is 13.3 Å². The Balaban J connectivity index is 3.17. The first-order valence-electron chi connectivity index (χ1n) is 2.18. The Bertz CT molecular complexity index is 68.5. The van der Waals surface area contributed by atoms with Crippen molar-refractivity contribution in [3.8, 4) is 0 Å². The Labute approximate surface area is 56.9 Å². The van der Waals surface area contributed by atoms with Crippen LogP contribution in [0.5, 0.6) is 0 Å². The Hall–Kier alpha value is 0.400. The van der Waals surface area contributed by atoms with E-state index in [9.17, 15) is 4.39 Å². The fourth-order valence-electron chi connectivity index (χ4n) is 0.235. The van der Waals surface area contributed by atoms with Gasteiger partial charge < -0.3 is 0 Å². The van der Waals surface area contributed by atoms with E-state index in [-0.39, 0.29) is 5.83 Å². The molecule has 0 amide bonds. The van der Waals surface area contributed by atoms with Gasteiger partial charge in [-0.05, 0) is 6.92 Å². The summed E-state index contributed by atoms with van der Waals surface area (Å²) in [6.45, 7) is 1.71. The molecule has 0 unspecified atom stereocenters. The zero-order chi connectivity index (χ0) is 5.70. The second-order valence-electron chi connectivity index (χ2n) is 1.17. The fourth-order valence-corrected chi connectivity index (χ4v) is 0.750. The normalized spacial score (nSPS) is 12.1. The maximum Gasteiger partial charge on any atom is 0.0964 e. The molecule has 0 aliphatic rings. The highest BCUT2D eigenvalue weighted by molar-refractivity contribution is 14.1. The lowest BCUT2D eigenvalue weighted by Crippen LogP contribution is -1.71. The molecule has 0 aromatic rings. The lowest BCUT2D eigenvalue weighted by atomic mass is 10.4. The molecule has 0 aliphatic heterocycles. The van der Waals surface area contributed by atoms with Gasteiger partial charge in [0.25, 0.3) is 0 Å². The van der Waals surface area contributed by atoms with Crippen LogP contribution >= 0.6 is 22.6 Å². The zero-order valence-electron chi connectivity index (χ0n) is 4.25. The van der Waals surface area contributed by atoms with Gasteiger partial charge >= 0.3 is 0 Å². The Morgan fingerprint density at radius 2 is 2.43 bits per heavy atom. The van der Waals surface area contributed by atoms with Crippen LogP contribution < -0.4 is 0 Å². The van der Waals surface area contributed by atoms with Crippen molar-refractivity contribution in [1.29, 1.82) is 0 Å². The van der Waals surface area contributed by atoms with Crippen molar-refractivity contribution in [2.75, 3.05) is 4.43 Å². The number of alkyl halides is 1. The first-order valence-corrected chi connectivity index (χ1v) is 3.70. The Morgan fingerprint density at radius 1 is 1.86 bits per heavy atom. The monoisotopic (exact) mass is 214 g/mol. The Morgan fingerprint density at radius 3 is 2.57 bits per heavy atom. The molecule has 0 radical (unpaired) electrons. The topological polar surface area (TPSA) is 0 Å². The number of rotatable bonds is 2. The van der Waals surface area contributed by atoms with E-state index in [1.807, 2.05) is 0 Å². The van der Waals surface area contributed by atoms with E-state index < -0.39 is 0 Å². The molecule has 0 rings (SSSR count). The molecular weight excluding hydrogens is 206 g/mol. The molecule has 2 heteroatoms. The van der Waals surface area contributed by atoms with Gasteiger partial charge in [0.15, 0.2) is 0 Å². The molecular formula is C5H8FI. The Kier molecular flexibility index (Phi) is 4.82. The van der Waals surface area contributed by atoms with Crippen LogP contribution in [0, 0.1) is 0 Å². The van der Waals surface area contributed by atoms with Crippen LogP contribution in [0.15, 0.2) is 11.9 Å². The van der Waals surface area contributed by atoms with Crippen LogP contribution in [0.25, 0.3) is 0 Å². The molecule has 42 valence electrons. The van der Waals surface area contributed by atoms with Gasteiger partial charge in [0.1, 0.15) is 0 Å². The predicted molar refractivity (Wildman–Crippen MR) is 38.4 cm³/mol. The van der Waals surface area contributed by atoms with Crippen molar-refractivity contribution in [3.05, 3.63) is 11.9 Å². The highest BCUT2D eigenvalue weighted by Crippen LogP contribution is 2.03. The van der Waals surface area contributed by atoms with E-state index in [0.29, 0.717) is 6.42 Å². The molecule has 0 saturated heterocycles. The van der Waals surface area contributed by atoms with Crippen LogP contribution in [0.4, 0.5) is 4.39 Å². The second kappa shape index (κ2) is 4.56. The van der Waals surface area contributed by atoms with Crippen molar-refractivity contribution in [3.63, 3.8) is 0 Å². The molecule has 0 nitrogen and oxygen atoms in total. The van der Waals surface area contributed by atoms with Crippen molar-refractivity contribution < 1.29 is 4.39 Å². The largest absolute Gasteiger partial charge is 0.212 e. The lowest BCUT2D eigenvalue weighted by Gasteiger charge is -1.85. The van der Waals surface area contributed by atoms with E-state index in [4.69, 9.17) is 0 Å². The molecule has 0 N–H and O–H groups in total. The summed E-state index contributed by atoms with van der Waals surface area (Å²) in [6.07, 6.45) is 2.08. The summed E-state index contributed by atoms with van der Waals surface area (Å²) >= 11 is 2.15. The van der Waals surface area contributed by atoms with Gasteiger partial charge in [-0.15, -0.1) is 0 Å². The summed E-state index contributed by atoms with van der Waals surface area (Å²) in [4.78, 5) is 0. The third-order valence-corrected chi connectivity index (χ3v) is 1.19.